The van der Waals surface area contributed by atoms with Gasteiger partial charge in [0.2, 0.25) is 5.91 Å². The number of hydrogen-bond acceptors (Lipinski definition) is 3. The number of hydrogen-bond donors (Lipinski definition) is 3. The maximum Gasteiger partial charge on any atom is 0.251 e. The average molecular weight is 349 g/mol. The molecule has 2 aromatic rings. The lowest BCUT2D eigenvalue weighted by molar-refractivity contribution is -0.114. The molecule has 0 saturated heterocycles. The third-order valence-electron chi connectivity index (χ3n) is 4.87. The predicted octanol–water partition coefficient (Wildman–Crippen LogP) is 3.12. The van der Waals surface area contributed by atoms with E-state index in [1.54, 1.807) is 24.3 Å². The number of carbonyl (C=O) groups is 2. The first kappa shape index (κ1) is 16.6. The van der Waals surface area contributed by atoms with Crippen molar-refractivity contribution in [2.24, 2.45) is 0 Å². The lowest BCUT2D eigenvalue weighted by Crippen LogP contribution is -2.26. The number of fused-ring (bicyclic) bond motifs is 1. The topological polar surface area (TPSA) is 70.2 Å². The van der Waals surface area contributed by atoms with Crippen LogP contribution in [-0.4, -0.2) is 24.4 Å². The van der Waals surface area contributed by atoms with Crippen LogP contribution in [0.1, 0.15) is 40.7 Å². The zero-order valence-corrected chi connectivity index (χ0v) is 14.7. The zero-order valence-electron chi connectivity index (χ0n) is 14.7. The number of benzene rings is 2. The average Bonchev–Trinajstić information content (AvgIpc) is 3.33. The number of rotatable bonds is 6. The Balaban J connectivity index is 1.32. The summed E-state index contributed by atoms with van der Waals surface area (Å²) in [4.78, 5) is 24.3. The summed E-state index contributed by atoms with van der Waals surface area (Å²) in [5, 5.41) is 8.98. The van der Waals surface area contributed by atoms with E-state index in [0.717, 1.165) is 31.4 Å². The summed E-state index contributed by atoms with van der Waals surface area (Å²) in [5.74, 6) is -0.217. The second-order valence-corrected chi connectivity index (χ2v) is 7.07. The second-order valence-electron chi connectivity index (χ2n) is 7.07. The van der Waals surface area contributed by atoms with Crippen molar-refractivity contribution in [1.29, 1.82) is 0 Å². The Morgan fingerprint density at radius 1 is 0.962 bits per heavy atom. The minimum Gasteiger partial charge on any atom is -0.376 e. The van der Waals surface area contributed by atoms with Gasteiger partial charge in [0.05, 0.1) is 6.54 Å². The predicted molar refractivity (Wildman–Crippen MR) is 103 cm³/mol. The Hall–Kier alpha value is -2.82. The SMILES string of the molecule is O=C(CNc1ccc2c(c1)CCC2)Nc1cccc(C(=O)NC2CC2)c1. The first-order chi connectivity index (χ1) is 12.7. The van der Waals surface area contributed by atoms with Gasteiger partial charge in [0.1, 0.15) is 0 Å². The molecule has 5 heteroatoms. The smallest absolute Gasteiger partial charge is 0.251 e. The van der Waals surface area contributed by atoms with Crippen molar-refractivity contribution in [3.8, 4) is 0 Å². The van der Waals surface area contributed by atoms with Crippen molar-refractivity contribution >= 4 is 23.2 Å². The number of anilines is 2. The first-order valence-corrected chi connectivity index (χ1v) is 9.24. The van der Waals surface area contributed by atoms with Crippen molar-refractivity contribution in [2.75, 3.05) is 17.2 Å². The van der Waals surface area contributed by atoms with Gasteiger partial charge < -0.3 is 16.0 Å². The third-order valence-corrected chi connectivity index (χ3v) is 4.87. The van der Waals surface area contributed by atoms with Gasteiger partial charge in [-0.1, -0.05) is 12.1 Å². The van der Waals surface area contributed by atoms with E-state index in [2.05, 4.69) is 28.1 Å². The quantitative estimate of drug-likeness (QED) is 0.750. The monoisotopic (exact) mass is 349 g/mol. The standard InChI is InChI=1S/C21H23N3O2/c25-20(13-22-18-8-7-14-3-1-4-15(14)11-18)23-19-6-2-5-16(12-19)21(26)24-17-9-10-17/h2,5-8,11-12,17,22H,1,3-4,9-10,13H2,(H,23,25)(H,24,26). The summed E-state index contributed by atoms with van der Waals surface area (Å²) in [6.45, 7) is 0.192. The molecule has 0 unspecified atom stereocenters. The Morgan fingerprint density at radius 2 is 1.81 bits per heavy atom. The number of aryl methyl sites for hydroxylation is 2. The van der Waals surface area contributed by atoms with E-state index < -0.39 is 0 Å². The van der Waals surface area contributed by atoms with Gasteiger partial charge in [-0.3, -0.25) is 9.59 Å². The zero-order chi connectivity index (χ0) is 17.9. The van der Waals surface area contributed by atoms with Crippen molar-refractivity contribution < 1.29 is 9.59 Å². The van der Waals surface area contributed by atoms with Gasteiger partial charge in [0, 0.05) is 23.0 Å². The molecule has 2 aromatic carbocycles. The van der Waals surface area contributed by atoms with E-state index in [9.17, 15) is 9.59 Å². The maximum absolute atomic E-state index is 12.2. The molecule has 134 valence electrons. The summed E-state index contributed by atoms with van der Waals surface area (Å²) < 4.78 is 0. The lowest BCUT2D eigenvalue weighted by atomic mass is 10.1. The first-order valence-electron chi connectivity index (χ1n) is 9.24. The Bertz CT molecular complexity index is 843. The van der Waals surface area contributed by atoms with Gasteiger partial charge in [0.15, 0.2) is 0 Å². The second kappa shape index (κ2) is 7.20. The molecule has 0 bridgehead atoms. The van der Waals surface area contributed by atoms with Crippen LogP contribution in [0.3, 0.4) is 0 Å². The van der Waals surface area contributed by atoms with Crippen LogP contribution in [0.5, 0.6) is 0 Å². The van der Waals surface area contributed by atoms with Crippen LogP contribution in [0.25, 0.3) is 0 Å². The van der Waals surface area contributed by atoms with Gasteiger partial charge in [-0.25, -0.2) is 0 Å². The Morgan fingerprint density at radius 3 is 2.65 bits per heavy atom. The number of nitrogens with one attached hydrogen (secondary N) is 3. The maximum atomic E-state index is 12.2. The molecule has 2 aliphatic carbocycles. The summed E-state index contributed by atoms with van der Waals surface area (Å²) in [7, 11) is 0. The Labute approximate surface area is 153 Å². The highest BCUT2D eigenvalue weighted by molar-refractivity contribution is 5.98. The van der Waals surface area contributed by atoms with Crippen molar-refractivity contribution in [2.45, 2.75) is 38.1 Å². The molecule has 26 heavy (non-hydrogen) atoms. The molecule has 0 aliphatic heterocycles. The van der Waals surface area contributed by atoms with Gasteiger partial charge in [-0.05, 0) is 73.6 Å². The highest BCUT2D eigenvalue weighted by Crippen LogP contribution is 2.24. The number of carbonyl (C=O) groups excluding carboxylic acids is 2. The fraction of sp³-hybridized carbons (Fsp3) is 0.333. The molecule has 2 amide bonds. The van der Waals surface area contributed by atoms with Gasteiger partial charge in [-0.15, -0.1) is 0 Å². The molecule has 0 aromatic heterocycles. The highest BCUT2D eigenvalue weighted by Gasteiger charge is 2.23. The molecule has 3 N–H and O–H groups in total. The lowest BCUT2D eigenvalue weighted by Gasteiger charge is -2.10. The van der Waals surface area contributed by atoms with Crippen LogP contribution in [0, 0.1) is 0 Å². The normalized spacial score (nSPS) is 15.2. The van der Waals surface area contributed by atoms with E-state index in [1.807, 2.05) is 6.07 Å². The van der Waals surface area contributed by atoms with Crippen LogP contribution < -0.4 is 16.0 Å². The van der Waals surface area contributed by atoms with Crippen LogP contribution in [0.4, 0.5) is 11.4 Å². The van der Waals surface area contributed by atoms with Gasteiger partial charge >= 0.3 is 0 Å². The van der Waals surface area contributed by atoms with Crippen LogP contribution in [0.15, 0.2) is 42.5 Å². The molecule has 0 radical (unpaired) electrons. The van der Waals surface area contributed by atoms with E-state index in [0.29, 0.717) is 17.3 Å². The van der Waals surface area contributed by atoms with Crippen molar-refractivity contribution in [3.63, 3.8) is 0 Å². The van der Waals surface area contributed by atoms with Crippen molar-refractivity contribution in [1.82, 2.24) is 5.32 Å². The fourth-order valence-electron chi connectivity index (χ4n) is 3.30. The molecule has 4 rings (SSSR count). The molecule has 1 fully saturated rings. The minimum atomic E-state index is -0.134. The summed E-state index contributed by atoms with van der Waals surface area (Å²) in [5.41, 5.74) is 4.97. The van der Waals surface area contributed by atoms with E-state index >= 15 is 0 Å². The molecule has 0 atom stereocenters. The molecule has 2 aliphatic rings. The largest absolute Gasteiger partial charge is 0.376 e. The van der Waals surface area contributed by atoms with Crippen LogP contribution >= 0.6 is 0 Å². The fourth-order valence-corrected chi connectivity index (χ4v) is 3.30. The van der Waals surface area contributed by atoms with Crippen LogP contribution in [0.2, 0.25) is 0 Å². The minimum absolute atomic E-state index is 0.0835. The highest BCUT2D eigenvalue weighted by atomic mass is 16.2. The van der Waals surface area contributed by atoms with Gasteiger partial charge in [0.25, 0.3) is 5.91 Å². The van der Waals surface area contributed by atoms with E-state index in [-0.39, 0.29) is 18.4 Å². The third kappa shape index (κ3) is 4.04. The Kier molecular flexibility index (Phi) is 4.61. The van der Waals surface area contributed by atoms with Crippen molar-refractivity contribution in [3.05, 3.63) is 59.2 Å². The van der Waals surface area contributed by atoms with E-state index in [1.165, 1.54) is 17.5 Å². The van der Waals surface area contributed by atoms with Crippen LogP contribution in [-0.2, 0) is 17.6 Å². The molecular formula is C21H23N3O2. The molecular weight excluding hydrogens is 326 g/mol. The molecule has 0 spiro atoms. The van der Waals surface area contributed by atoms with Gasteiger partial charge in [-0.2, -0.15) is 0 Å². The molecule has 1 saturated carbocycles. The molecule has 0 heterocycles. The molecule has 5 nitrogen and oxygen atoms in total. The summed E-state index contributed by atoms with van der Waals surface area (Å²) >= 11 is 0. The number of amides is 2. The van der Waals surface area contributed by atoms with E-state index in [4.69, 9.17) is 0 Å². The summed E-state index contributed by atoms with van der Waals surface area (Å²) in [6, 6.07) is 13.7. The summed E-state index contributed by atoms with van der Waals surface area (Å²) in [6.07, 6.45) is 5.59.